The van der Waals surface area contributed by atoms with Gasteiger partial charge in [0.15, 0.2) is 0 Å². The van der Waals surface area contributed by atoms with Crippen molar-refractivity contribution in [3.8, 4) is 0 Å². The van der Waals surface area contributed by atoms with Crippen LogP contribution in [0.4, 0.5) is 8.78 Å². The summed E-state index contributed by atoms with van der Waals surface area (Å²) in [4.78, 5) is 11.5. The molecule has 0 atom stereocenters. The minimum absolute atomic E-state index is 0.111. The van der Waals surface area contributed by atoms with Crippen molar-refractivity contribution in [2.24, 2.45) is 0 Å². The molecule has 5 heteroatoms. The zero-order valence-electron chi connectivity index (χ0n) is 9.31. The highest BCUT2D eigenvalue weighted by Gasteiger charge is 2.11. The summed E-state index contributed by atoms with van der Waals surface area (Å²) >= 11 is 2.30. The maximum atomic E-state index is 13.2. The van der Waals surface area contributed by atoms with Crippen LogP contribution in [0.5, 0.6) is 0 Å². The average Bonchev–Trinajstić information content (AvgIpc) is 2.28. The minimum atomic E-state index is -0.824. The normalized spacial score (nSPS) is 10.3. The Bertz CT molecular complexity index is 385. The molecule has 0 aliphatic rings. The molecule has 0 aliphatic carbocycles. The van der Waals surface area contributed by atoms with Gasteiger partial charge in [0, 0.05) is 12.6 Å². The average molecular weight is 353 g/mol. The summed E-state index contributed by atoms with van der Waals surface area (Å²) in [5.41, 5.74) is -0.111. The lowest BCUT2D eigenvalue weighted by Crippen LogP contribution is -2.25. The van der Waals surface area contributed by atoms with Crippen molar-refractivity contribution < 1.29 is 13.6 Å². The molecule has 1 rings (SSSR count). The van der Waals surface area contributed by atoms with E-state index < -0.39 is 17.5 Å². The third-order valence-corrected chi connectivity index (χ3v) is 3.03. The number of unbranched alkanes of at least 4 members (excludes halogenated alkanes) is 2. The van der Waals surface area contributed by atoms with E-state index >= 15 is 0 Å². The predicted molar refractivity (Wildman–Crippen MR) is 71.4 cm³/mol. The van der Waals surface area contributed by atoms with E-state index in [9.17, 15) is 13.6 Å². The van der Waals surface area contributed by atoms with Crippen LogP contribution < -0.4 is 5.32 Å². The number of benzene rings is 1. The van der Waals surface area contributed by atoms with E-state index in [2.05, 4.69) is 27.9 Å². The maximum absolute atomic E-state index is 13.2. The van der Waals surface area contributed by atoms with E-state index in [0.717, 1.165) is 35.8 Å². The summed E-state index contributed by atoms with van der Waals surface area (Å²) in [5, 5.41) is 2.61. The van der Waals surface area contributed by atoms with E-state index in [1.54, 1.807) is 0 Å². The molecule has 1 N–H and O–H groups in total. The molecule has 1 amide bonds. The van der Waals surface area contributed by atoms with Crippen molar-refractivity contribution >= 4 is 28.5 Å². The number of carbonyl (C=O) groups is 1. The molecule has 0 aliphatic heterocycles. The fraction of sp³-hybridized carbons (Fsp3) is 0.417. The molecule has 17 heavy (non-hydrogen) atoms. The molecule has 0 saturated carbocycles. The Hall–Kier alpha value is -0.720. The van der Waals surface area contributed by atoms with Crippen molar-refractivity contribution in [2.45, 2.75) is 19.3 Å². The fourth-order valence-corrected chi connectivity index (χ4v) is 1.91. The van der Waals surface area contributed by atoms with Crippen LogP contribution in [0, 0.1) is 11.6 Å². The van der Waals surface area contributed by atoms with Gasteiger partial charge >= 0.3 is 0 Å². The van der Waals surface area contributed by atoms with E-state index in [-0.39, 0.29) is 5.56 Å². The van der Waals surface area contributed by atoms with E-state index in [0.29, 0.717) is 12.6 Å². The summed E-state index contributed by atoms with van der Waals surface area (Å²) in [7, 11) is 0. The third kappa shape index (κ3) is 4.97. The van der Waals surface area contributed by atoms with Crippen molar-refractivity contribution in [1.29, 1.82) is 0 Å². The van der Waals surface area contributed by atoms with Crippen molar-refractivity contribution in [3.05, 3.63) is 35.4 Å². The smallest absolute Gasteiger partial charge is 0.254 e. The molecule has 0 unspecified atom stereocenters. The Morgan fingerprint density at radius 2 is 2.00 bits per heavy atom. The highest BCUT2D eigenvalue weighted by molar-refractivity contribution is 14.1. The van der Waals surface area contributed by atoms with Gasteiger partial charge < -0.3 is 5.32 Å². The number of hydrogen-bond donors (Lipinski definition) is 1. The maximum Gasteiger partial charge on any atom is 0.254 e. The number of alkyl halides is 1. The van der Waals surface area contributed by atoms with Crippen LogP contribution in [0.2, 0.25) is 0 Å². The van der Waals surface area contributed by atoms with Gasteiger partial charge in [0.2, 0.25) is 0 Å². The van der Waals surface area contributed by atoms with Gasteiger partial charge in [0.1, 0.15) is 11.6 Å². The van der Waals surface area contributed by atoms with E-state index in [1.807, 2.05) is 0 Å². The number of nitrogens with one attached hydrogen (secondary N) is 1. The Morgan fingerprint density at radius 3 is 2.65 bits per heavy atom. The first kappa shape index (κ1) is 14.3. The van der Waals surface area contributed by atoms with Crippen LogP contribution in [-0.4, -0.2) is 16.9 Å². The Morgan fingerprint density at radius 1 is 1.24 bits per heavy atom. The highest BCUT2D eigenvalue weighted by Crippen LogP contribution is 2.09. The molecule has 2 nitrogen and oxygen atoms in total. The molecule has 0 saturated heterocycles. The first-order chi connectivity index (χ1) is 8.15. The van der Waals surface area contributed by atoms with Crippen LogP contribution in [0.15, 0.2) is 18.2 Å². The lowest BCUT2D eigenvalue weighted by atomic mass is 10.2. The summed E-state index contributed by atoms with van der Waals surface area (Å²) in [6.07, 6.45) is 3.02. The van der Waals surface area contributed by atoms with Crippen LogP contribution >= 0.6 is 22.6 Å². The molecule has 0 spiro atoms. The molecule has 0 heterocycles. The second kappa shape index (κ2) is 7.58. The highest BCUT2D eigenvalue weighted by atomic mass is 127. The quantitative estimate of drug-likeness (QED) is 0.475. The molecular weight excluding hydrogens is 339 g/mol. The van der Waals surface area contributed by atoms with Crippen LogP contribution in [-0.2, 0) is 0 Å². The predicted octanol–water partition coefficient (Wildman–Crippen LogP) is 3.30. The number of hydrogen-bond acceptors (Lipinski definition) is 1. The second-order valence-corrected chi connectivity index (χ2v) is 4.71. The molecule has 1 aromatic rings. The standard InChI is InChI=1S/C12H14F2INO/c13-9-4-5-10(11(14)8-9)12(17)16-7-3-1-2-6-15/h4-5,8H,1-3,6-7H2,(H,16,17). The van der Waals surface area contributed by atoms with Gasteiger partial charge in [-0.3, -0.25) is 4.79 Å². The Kier molecular flexibility index (Phi) is 6.39. The third-order valence-electron chi connectivity index (χ3n) is 2.27. The van der Waals surface area contributed by atoms with Crippen molar-refractivity contribution in [1.82, 2.24) is 5.32 Å². The lowest BCUT2D eigenvalue weighted by Gasteiger charge is -2.05. The summed E-state index contributed by atoms with van der Waals surface area (Å²) in [5.74, 6) is -1.99. The van der Waals surface area contributed by atoms with Gasteiger partial charge in [-0.25, -0.2) is 8.78 Å². The number of rotatable bonds is 6. The van der Waals surface area contributed by atoms with Gasteiger partial charge in [-0.1, -0.05) is 29.0 Å². The summed E-state index contributed by atoms with van der Waals surface area (Å²) in [6.45, 7) is 0.520. The zero-order valence-corrected chi connectivity index (χ0v) is 11.5. The summed E-state index contributed by atoms with van der Waals surface area (Å²) in [6, 6.07) is 2.95. The largest absolute Gasteiger partial charge is 0.352 e. The van der Waals surface area contributed by atoms with Crippen LogP contribution in [0.25, 0.3) is 0 Å². The van der Waals surface area contributed by atoms with Gasteiger partial charge in [-0.15, -0.1) is 0 Å². The fourth-order valence-electron chi connectivity index (χ4n) is 1.37. The SMILES string of the molecule is O=C(NCCCCCI)c1ccc(F)cc1F. The zero-order chi connectivity index (χ0) is 12.7. The molecule has 0 radical (unpaired) electrons. The first-order valence-electron chi connectivity index (χ1n) is 5.44. The van der Waals surface area contributed by atoms with Crippen LogP contribution in [0.1, 0.15) is 29.6 Å². The number of halogens is 3. The molecular formula is C12H14F2INO. The monoisotopic (exact) mass is 353 g/mol. The molecule has 0 bridgehead atoms. The molecule has 94 valence electrons. The molecule has 0 aromatic heterocycles. The van der Waals surface area contributed by atoms with Crippen molar-refractivity contribution in [2.75, 3.05) is 11.0 Å². The van der Waals surface area contributed by atoms with Gasteiger partial charge in [-0.05, 0) is 29.4 Å². The van der Waals surface area contributed by atoms with Crippen LogP contribution in [0.3, 0.4) is 0 Å². The lowest BCUT2D eigenvalue weighted by molar-refractivity contribution is 0.0949. The van der Waals surface area contributed by atoms with Crippen molar-refractivity contribution in [3.63, 3.8) is 0 Å². The molecule has 0 fully saturated rings. The van der Waals surface area contributed by atoms with Gasteiger partial charge in [0.25, 0.3) is 5.91 Å². The topological polar surface area (TPSA) is 29.1 Å². The van der Waals surface area contributed by atoms with Gasteiger partial charge in [-0.2, -0.15) is 0 Å². The summed E-state index contributed by atoms with van der Waals surface area (Å²) < 4.78 is 27.0. The Balaban J connectivity index is 2.42. The number of carbonyl (C=O) groups excluding carboxylic acids is 1. The first-order valence-corrected chi connectivity index (χ1v) is 6.97. The van der Waals surface area contributed by atoms with E-state index in [1.165, 1.54) is 0 Å². The molecule has 1 aromatic carbocycles. The minimum Gasteiger partial charge on any atom is -0.352 e. The Labute approximate surface area is 113 Å². The van der Waals surface area contributed by atoms with E-state index in [4.69, 9.17) is 0 Å². The second-order valence-electron chi connectivity index (χ2n) is 3.63. The number of amides is 1. The van der Waals surface area contributed by atoms with Gasteiger partial charge in [0.05, 0.1) is 5.56 Å².